The highest BCUT2D eigenvalue weighted by molar-refractivity contribution is 6.08. The van der Waals surface area contributed by atoms with Crippen molar-refractivity contribution in [1.82, 2.24) is 10.2 Å². The summed E-state index contributed by atoms with van der Waals surface area (Å²) in [7, 11) is 0. The van der Waals surface area contributed by atoms with Gasteiger partial charge < -0.3 is 5.32 Å². The van der Waals surface area contributed by atoms with Gasteiger partial charge in [-0.2, -0.15) is 0 Å². The van der Waals surface area contributed by atoms with Gasteiger partial charge in [-0.05, 0) is 43.9 Å². The van der Waals surface area contributed by atoms with E-state index in [0.717, 1.165) is 12.8 Å². The number of imide groups is 1. The molecule has 3 rings (SSSR count). The number of likely N-dealkylation sites (tertiary alicyclic amines) is 1. The molecule has 2 aliphatic carbocycles. The molecule has 3 aliphatic rings. The van der Waals surface area contributed by atoms with Gasteiger partial charge in [0.2, 0.25) is 17.7 Å². The highest BCUT2D eigenvalue weighted by Crippen LogP contribution is 2.37. The highest BCUT2D eigenvalue weighted by Gasteiger charge is 2.51. The van der Waals surface area contributed by atoms with E-state index in [1.54, 1.807) is 0 Å². The van der Waals surface area contributed by atoms with Crippen molar-refractivity contribution in [3.63, 3.8) is 0 Å². The summed E-state index contributed by atoms with van der Waals surface area (Å²) in [5, 5.41) is 2.99. The van der Waals surface area contributed by atoms with E-state index >= 15 is 0 Å². The van der Waals surface area contributed by atoms with Crippen LogP contribution in [0.4, 0.5) is 0 Å². The van der Waals surface area contributed by atoms with Crippen LogP contribution >= 0.6 is 0 Å². The minimum absolute atomic E-state index is 0.154. The Morgan fingerprint density at radius 2 is 1.75 bits per heavy atom. The SMILES string of the molecule is CC(C)CC(C(=O)NCC1CCC1)N1C(=O)C2CC=CCC2C1=O. The Morgan fingerprint density at radius 1 is 1.17 bits per heavy atom. The molecule has 0 bridgehead atoms. The van der Waals surface area contributed by atoms with Crippen LogP contribution in [0.5, 0.6) is 0 Å². The molecule has 3 unspecified atom stereocenters. The van der Waals surface area contributed by atoms with Gasteiger partial charge in [0.15, 0.2) is 0 Å². The van der Waals surface area contributed by atoms with Crippen molar-refractivity contribution in [3.05, 3.63) is 12.2 Å². The summed E-state index contributed by atoms with van der Waals surface area (Å²) in [5.74, 6) is -0.203. The van der Waals surface area contributed by atoms with Gasteiger partial charge in [0.05, 0.1) is 11.8 Å². The van der Waals surface area contributed by atoms with E-state index in [1.807, 2.05) is 26.0 Å². The molecule has 0 spiro atoms. The Kier molecular flexibility index (Phi) is 5.07. The summed E-state index contributed by atoms with van der Waals surface area (Å²) in [4.78, 5) is 39.6. The number of carbonyl (C=O) groups excluding carboxylic acids is 3. The van der Waals surface area contributed by atoms with Crippen molar-refractivity contribution in [2.45, 2.75) is 58.4 Å². The Balaban J connectivity index is 1.73. The first kappa shape index (κ1) is 17.2. The molecule has 1 saturated heterocycles. The predicted molar refractivity (Wildman–Crippen MR) is 90.8 cm³/mol. The Labute approximate surface area is 143 Å². The number of nitrogens with one attached hydrogen (secondary N) is 1. The van der Waals surface area contributed by atoms with E-state index in [0.29, 0.717) is 31.7 Å². The summed E-state index contributed by atoms with van der Waals surface area (Å²) in [6, 6.07) is -0.657. The van der Waals surface area contributed by atoms with Gasteiger partial charge in [-0.25, -0.2) is 0 Å². The Bertz CT molecular complexity index is 525. The summed E-state index contributed by atoms with van der Waals surface area (Å²) in [6.07, 6.45) is 9.26. The molecule has 0 aromatic rings. The second-order valence-electron chi connectivity index (χ2n) is 7.89. The van der Waals surface area contributed by atoms with Gasteiger partial charge in [-0.3, -0.25) is 19.3 Å². The van der Waals surface area contributed by atoms with Crippen LogP contribution in [-0.2, 0) is 14.4 Å². The van der Waals surface area contributed by atoms with E-state index < -0.39 is 6.04 Å². The fourth-order valence-electron chi connectivity index (χ4n) is 3.97. The van der Waals surface area contributed by atoms with Gasteiger partial charge in [0.25, 0.3) is 0 Å². The number of rotatable bonds is 6. The Morgan fingerprint density at radius 3 is 2.21 bits per heavy atom. The first-order valence-corrected chi connectivity index (χ1v) is 9.28. The standard InChI is InChI=1S/C19H28N2O3/c1-12(2)10-16(17(22)20-11-13-6-5-7-13)21-18(23)14-8-3-4-9-15(14)19(21)24/h3-4,12-16H,5-11H2,1-2H3,(H,20,22). The van der Waals surface area contributed by atoms with E-state index in [4.69, 9.17) is 0 Å². The summed E-state index contributed by atoms with van der Waals surface area (Å²) >= 11 is 0. The van der Waals surface area contributed by atoms with Crippen molar-refractivity contribution in [2.24, 2.45) is 23.7 Å². The molecule has 1 aliphatic heterocycles. The fourth-order valence-corrected chi connectivity index (χ4v) is 3.97. The molecule has 1 heterocycles. The monoisotopic (exact) mass is 332 g/mol. The molecule has 0 aromatic carbocycles. The largest absolute Gasteiger partial charge is 0.354 e. The third-order valence-electron chi connectivity index (χ3n) is 5.64. The number of amides is 3. The number of hydrogen-bond donors (Lipinski definition) is 1. The van der Waals surface area contributed by atoms with Crippen LogP contribution in [0, 0.1) is 23.7 Å². The maximum absolute atomic E-state index is 12.8. The van der Waals surface area contributed by atoms with Crippen LogP contribution in [-0.4, -0.2) is 35.2 Å². The third kappa shape index (κ3) is 3.26. The number of nitrogens with zero attached hydrogens (tertiary/aromatic N) is 1. The lowest BCUT2D eigenvalue weighted by atomic mass is 9.85. The summed E-state index contributed by atoms with van der Waals surface area (Å²) in [6.45, 7) is 4.70. The number of hydrogen-bond acceptors (Lipinski definition) is 3. The molecule has 5 heteroatoms. The molecule has 1 N–H and O–H groups in total. The van der Waals surface area contributed by atoms with Crippen LogP contribution in [0.15, 0.2) is 12.2 Å². The van der Waals surface area contributed by atoms with E-state index in [-0.39, 0.29) is 35.5 Å². The quantitative estimate of drug-likeness (QED) is 0.599. The predicted octanol–water partition coefficient (Wildman–Crippen LogP) is 2.27. The van der Waals surface area contributed by atoms with Crippen molar-refractivity contribution < 1.29 is 14.4 Å². The minimum atomic E-state index is -0.657. The summed E-state index contributed by atoms with van der Waals surface area (Å²) in [5.41, 5.74) is 0. The molecule has 0 radical (unpaired) electrons. The molecular weight excluding hydrogens is 304 g/mol. The normalized spacial score (nSPS) is 28.0. The van der Waals surface area contributed by atoms with Crippen molar-refractivity contribution in [1.29, 1.82) is 0 Å². The van der Waals surface area contributed by atoms with Gasteiger partial charge in [-0.15, -0.1) is 0 Å². The number of fused-ring (bicyclic) bond motifs is 1. The zero-order valence-electron chi connectivity index (χ0n) is 14.7. The van der Waals surface area contributed by atoms with E-state index in [9.17, 15) is 14.4 Å². The molecule has 0 aromatic heterocycles. The second kappa shape index (κ2) is 7.08. The molecule has 2 fully saturated rings. The molecule has 5 nitrogen and oxygen atoms in total. The van der Waals surface area contributed by atoms with Crippen molar-refractivity contribution >= 4 is 17.7 Å². The molecule has 132 valence electrons. The smallest absolute Gasteiger partial charge is 0.243 e. The summed E-state index contributed by atoms with van der Waals surface area (Å²) < 4.78 is 0. The lowest BCUT2D eigenvalue weighted by molar-refractivity contribution is -0.148. The maximum Gasteiger partial charge on any atom is 0.243 e. The van der Waals surface area contributed by atoms with Crippen molar-refractivity contribution in [2.75, 3.05) is 6.54 Å². The van der Waals surface area contributed by atoms with Crippen LogP contribution in [0.2, 0.25) is 0 Å². The minimum Gasteiger partial charge on any atom is -0.354 e. The average Bonchev–Trinajstić information content (AvgIpc) is 2.75. The zero-order chi connectivity index (χ0) is 17.3. The van der Waals surface area contributed by atoms with Gasteiger partial charge in [0, 0.05) is 6.54 Å². The Hall–Kier alpha value is -1.65. The van der Waals surface area contributed by atoms with Gasteiger partial charge in [-0.1, -0.05) is 32.4 Å². The zero-order valence-corrected chi connectivity index (χ0v) is 14.7. The number of carbonyl (C=O) groups is 3. The molecular formula is C19H28N2O3. The van der Waals surface area contributed by atoms with Gasteiger partial charge in [0.1, 0.15) is 6.04 Å². The van der Waals surface area contributed by atoms with Crippen LogP contribution in [0.1, 0.15) is 52.4 Å². The highest BCUT2D eigenvalue weighted by atomic mass is 16.2. The van der Waals surface area contributed by atoms with Crippen LogP contribution in [0.25, 0.3) is 0 Å². The number of allylic oxidation sites excluding steroid dienone is 2. The molecule has 3 amide bonds. The molecule has 3 atom stereocenters. The van der Waals surface area contributed by atoms with Crippen molar-refractivity contribution in [3.8, 4) is 0 Å². The van der Waals surface area contributed by atoms with Crippen LogP contribution in [0.3, 0.4) is 0 Å². The fraction of sp³-hybridized carbons (Fsp3) is 0.737. The maximum atomic E-state index is 12.8. The average molecular weight is 332 g/mol. The van der Waals surface area contributed by atoms with E-state index in [2.05, 4.69) is 5.32 Å². The first-order valence-electron chi connectivity index (χ1n) is 9.28. The molecule has 24 heavy (non-hydrogen) atoms. The van der Waals surface area contributed by atoms with Gasteiger partial charge >= 0.3 is 0 Å². The second-order valence-corrected chi connectivity index (χ2v) is 7.89. The molecule has 1 saturated carbocycles. The van der Waals surface area contributed by atoms with E-state index in [1.165, 1.54) is 11.3 Å². The first-order chi connectivity index (χ1) is 11.5. The van der Waals surface area contributed by atoms with Crippen LogP contribution < -0.4 is 5.32 Å². The lowest BCUT2D eigenvalue weighted by Crippen LogP contribution is -2.51. The third-order valence-corrected chi connectivity index (χ3v) is 5.64. The lowest BCUT2D eigenvalue weighted by Gasteiger charge is -2.30. The topological polar surface area (TPSA) is 66.5 Å².